The lowest BCUT2D eigenvalue weighted by Gasteiger charge is -2.40. The van der Waals surface area contributed by atoms with Crippen molar-refractivity contribution in [1.29, 1.82) is 0 Å². The van der Waals surface area contributed by atoms with Crippen LogP contribution in [0.3, 0.4) is 0 Å². The van der Waals surface area contributed by atoms with Gasteiger partial charge in [0.1, 0.15) is 54.4 Å². The van der Waals surface area contributed by atoms with Gasteiger partial charge in [-0.25, -0.2) is 13.2 Å². The van der Waals surface area contributed by atoms with Crippen LogP contribution < -0.4 is 21.3 Å². The Hall–Kier alpha value is -6.00. The Morgan fingerprint density at radius 2 is 0.883 bits per heavy atom. The number of hydrogen-bond donors (Lipinski definition) is 6. The molecule has 27 nitrogen and oxygen atoms in total. The lowest BCUT2D eigenvalue weighted by atomic mass is 9.91. The van der Waals surface area contributed by atoms with Crippen LogP contribution in [0.25, 0.3) is 0 Å². The number of carbonyl (C=O) groups is 11. The number of aliphatic hydroxyl groups excluding tert-OH is 2. The first-order valence-corrected chi connectivity index (χ1v) is 35.4. The van der Waals surface area contributed by atoms with E-state index in [0.717, 1.165) is 24.5 Å². The molecule has 6 N–H and O–H groups in total. The van der Waals surface area contributed by atoms with E-state index < -0.39 is 172 Å². The molecule has 0 unspecified atom stereocenters. The van der Waals surface area contributed by atoms with Gasteiger partial charge in [0, 0.05) is 55.4 Å². The molecule has 94 heavy (non-hydrogen) atoms. The summed E-state index contributed by atoms with van der Waals surface area (Å²) in [6.45, 7) is 29.2. The maximum absolute atomic E-state index is 15.3. The summed E-state index contributed by atoms with van der Waals surface area (Å²) in [5.41, 5.74) is 0. The van der Waals surface area contributed by atoms with Crippen molar-refractivity contribution in [3.05, 3.63) is 0 Å². The van der Waals surface area contributed by atoms with Gasteiger partial charge in [0.25, 0.3) is 5.91 Å². The Kier molecular flexibility index (Phi) is 33.5. The first-order valence-electron chi connectivity index (χ1n) is 33.6. The van der Waals surface area contributed by atoms with Crippen LogP contribution in [-0.2, 0) is 67.3 Å². The summed E-state index contributed by atoms with van der Waals surface area (Å²) in [7, 11) is 4.78. The molecule has 0 aromatic rings. The minimum atomic E-state index is -3.24. The van der Waals surface area contributed by atoms with Crippen molar-refractivity contribution in [2.24, 2.45) is 47.3 Å². The smallest absolute Gasteiger partial charge is 0.329 e. The molecule has 10 amide bonds. The SMILES string of the molecule is CC(C)C[C@@H]1C(=O)N[C@H](CC(C)C)C(=O)N(C)[C@H](C(C)C)C(=O)N(C)[C@H]([C@H](O)[C@H](C)CCN2CCS(=O)(=O)CC2)C(=O)N[C@H]([C@@H](C)O)C(=O)N(C)CC(=O)N(C)[C@@H](CC(C)C)C(=O)N[C@H](CC(C)C)C(=O)N(C)[C@H](CC(C)C)C(=O)N[C@H](C)C(=O)O[C@@H](C(C)C)C(=O)N1C. The van der Waals surface area contributed by atoms with Crippen molar-refractivity contribution in [2.75, 3.05) is 80.0 Å². The van der Waals surface area contributed by atoms with Gasteiger partial charge in [-0.1, -0.05) is 104 Å². The molecule has 540 valence electrons. The minimum absolute atomic E-state index is 0.0506. The molecule has 2 saturated heterocycles. The van der Waals surface area contributed by atoms with Crippen molar-refractivity contribution in [3.8, 4) is 0 Å². The summed E-state index contributed by atoms with van der Waals surface area (Å²) in [4.78, 5) is 170. The normalized spacial score (nSPS) is 27.4. The van der Waals surface area contributed by atoms with Crippen LogP contribution in [0, 0.1) is 47.3 Å². The highest BCUT2D eigenvalue weighted by Crippen LogP contribution is 2.25. The molecular weight excluding hydrogens is 1230 g/mol. The summed E-state index contributed by atoms with van der Waals surface area (Å²) in [6.07, 6.45) is -4.21. The van der Waals surface area contributed by atoms with E-state index in [1.54, 1.807) is 34.6 Å². The molecule has 0 aromatic carbocycles. The molecule has 0 aliphatic carbocycles. The van der Waals surface area contributed by atoms with Crippen LogP contribution in [-0.4, -0.2) is 271 Å². The Morgan fingerprint density at radius 1 is 0.479 bits per heavy atom. The predicted octanol–water partition coefficient (Wildman–Crippen LogP) is 1.51. The van der Waals surface area contributed by atoms with Crippen molar-refractivity contribution < 1.29 is 76.1 Å². The Labute approximate surface area is 560 Å². The standard InChI is InChI=1S/C66H119N11O16S/c1-36(2)30-46-61(85)73(20)49(33-39(7)8)57(81)67-44(16)66(90)93-56(42(13)14)65(89)74(21)50(34-40(9)10)59(83)69-47(31-37(3)4)62(86)75(22)53(41(11)12)64(88)76(23)54(55(80)43(15)24-25-77-26-28-94(91,92)29-27-77)60(84)70-52(45(17)78)63(87)71(18)35-51(79)72(19)48(32-38(5)6)58(82)68-46/h36-50,52-56,78,80H,24-35H2,1-23H3,(H,67,81)(H,68,82)(H,69,83)(H,70,84)/t43-,44-,45-,46-,47-,48+,49-,50-,52-,53-,54-,55-,56+/m1/s1. The fourth-order valence-electron chi connectivity index (χ4n) is 11.9. The van der Waals surface area contributed by atoms with Crippen LogP contribution in [0.5, 0.6) is 0 Å². The molecule has 0 saturated carbocycles. The van der Waals surface area contributed by atoms with Crippen LogP contribution in [0.1, 0.15) is 156 Å². The third-order valence-electron chi connectivity index (χ3n) is 17.7. The molecule has 13 atom stereocenters. The van der Waals surface area contributed by atoms with Gasteiger partial charge < -0.3 is 70.5 Å². The lowest BCUT2D eigenvalue weighted by molar-refractivity contribution is -0.166. The van der Waals surface area contributed by atoms with E-state index in [2.05, 4.69) is 21.3 Å². The van der Waals surface area contributed by atoms with E-state index in [1.165, 1.54) is 61.0 Å². The van der Waals surface area contributed by atoms with Crippen LogP contribution in [0.4, 0.5) is 0 Å². The summed E-state index contributed by atoms with van der Waals surface area (Å²) in [6, 6.07) is -12.6. The number of nitrogens with one attached hydrogen (secondary N) is 4. The maximum Gasteiger partial charge on any atom is 0.329 e. The first kappa shape index (κ1) is 84.1. The van der Waals surface area contributed by atoms with Gasteiger partial charge >= 0.3 is 5.97 Å². The number of aliphatic hydroxyl groups is 2. The highest BCUT2D eigenvalue weighted by atomic mass is 32.2. The quantitative estimate of drug-likeness (QED) is 0.106. The Morgan fingerprint density at radius 3 is 1.30 bits per heavy atom. The van der Waals surface area contributed by atoms with Gasteiger partial charge in [-0.05, 0) is 106 Å². The van der Waals surface area contributed by atoms with Crippen LogP contribution in [0.2, 0.25) is 0 Å². The number of likely N-dealkylation sites (N-methyl/N-ethyl adjacent to an activating group) is 6. The average Bonchev–Trinajstić information content (AvgIpc) is 0.825. The number of rotatable bonds is 18. The first-order chi connectivity index (χ1) is 43.3. The van der Waals surface area contributed by atoms with Crippen LogP contribution >= 0.6 is 0 Å². The molecule has 2 rings (SSSR count). The maximum atomic E-state index is 15.3. The monoisotopic (exact) mass is 1350 g/mol. The number of esters is 1. The van der Waals surface area contributed by atoms with E-state index in [-0.39, 0.29) is 92.7 Å². The van der Waals surface area contributed by atoms with E-state index >= 15 is 14.4 Å². The molecule has 2 heterocycles. The van der Waals surface area contributed by atoms with Gasteiger partial charge in [-0.3, -0.25) is 47.9 Å². The summed E-state index contributed by atoms with van der Waals surface area (Å²) < 4.78 is 30.5. The van der Waals surface area contributed by atoms with E-state index in [9.17, 15) is 57.0 Å². The predicted molar refractivity (Wildman–Crippen MR) is 357 cm³/mol. The van der Waals surface area contributed by atoms with E-state index in [0.29, 0.717) is 6.54 Å². The van der Waals surface area contributed by atoms with Gasteiger partial charge in [-0.2, -0.15) is 0 Å². The summed E-state index contributed by atoms with van der Waals surface area (Å²) >= 11 is 0. The van der Waals surface area contributed by atoms with Crippen molar-refractivity contribution in [3.63, 3.8) is 0 Å². The zero-order chi connectivity index (χ0) is 72.5. The molecule has 0 bridgehead atoms. The molecule has 0 radical (unpaired) electrons. The molecule has 0 aromatic heterocycles. The second-order valence-electron chi connectivity index (χ2n) is 29.3. The number of sulfone groups is 1. The third kappa shape index (κ3) is 24.6. The highest BCUT2D eigenvalue weighted by Gasteiger charge is 2.46. The van der Waals surface area contributed by atoms with E-state index in [4.69, 9.17) is 4.74 Å². The number of amides is 10. The average molecular weight is 1350 g/mol. The highest BCUT2D eigenvalue weighted by molar-refractivity contribution is 7.91. The van der Waals surface area contributed by atoms with Gasteiger partial charge in [0.05, 0.1) is 30.3 Å². The zero-order valence-electron chi connectivity index (χ0n) is 60.7. The fourth-order valence-corrected chi connectivity index (χ4v) is 13.1. The van der Waals surface area contributed by atoms with Crippen molar-refractivity contribution in [2.45, 2.75) is 229 Å². The number of carbonyl (C=O) groups excluding carboxylic acids is 11. The van der Waals surface area contributed by atoms with Crippen molar-refractivity contribution in [1.82, 2.24) is 55.6 Å². The topological polar surface area (TPSA) is 342 Å². The summed E-state index contributed by atoms with van der Waals surface area (Å²) in [5, 5.41) is 34.6. The number of hydrogen-bond acceptors (Lipinski definition) is 17. The number of nitrogens with zero attached hydrogens (tertiary/aromatic N) is 7. The second-order valence-corrected chi connectivity index (χ2v) is 31.6. The van der Waals surface area contributed by atoms with Crippen molar-refractivity contribution >= 4 is 74.9 Å². The summed E-state index contributed by atoms with van der Waals surface area (Å²) in [5.74, 6) is -12.3. The lowest BCUT2D eigenvalue weighted by Crippen LogP contribution is -2.64. The Balaban J connectivity index is 3.03. The molecule has 2 fully saturated rings. The largest absolute Gasteiger partial charge is 0.450 e. The van der Waals surface area contributed by atoms with Gasteiger partial charge in [0.15, 0.2) is 15.9 Å². The molecule has 2 aliphatic heterocycles. The fraction of sp³-hybridized carbons (Fsp3) is 0.833. The molecule has 28 heteroatoms. The number of ether oxygens (including phenoxy) is 1. The minimum Gasteiger partial charge on any atom is -0.450 e. The Bertz CT molecular complexity index is 2690. The number of cyclic esters (lactones) is 1. The van der Waals surface area contributed by atoms with Crippen LogP contribution in [0.15, 0.2) is 0 Å². The second kappa shape index (κ2) is 37.5. The van der Waals surface area contributed by atoms with Gasteiger partial charge in [-0.15, -0.1) is 0 Å². The zero-order valence-corrected chi connectivity index (χ0v) is 61.5. The molecule has 2 aliphatic rings. The third-order valence-corrected chi connectivity index (χ3v) is 19.3. The van der Waals surface area contributed by atoms with E-state index in [1.807, 2.05) is 74.1 Å². The molecular formula is C66H119N11O16S. The molecule has 0 spiro atoms. The van der Waals surface area contributed by atoms with Gasteiger partial charge in [0.2, 0.25) is 53.2 Å².